The summed E-state index contributed by atoms with van der Waals surface area (Å²) in [7, 11) is 0. The van der Waals surface area contributed by atoms with Gasteiger partial charge in [-0.05, 0) is 25.2 Å². The van der Waals surface area contributed by atoms with Crippen LogP contribution >= 0.6 is 11.3 Å². The molecule has 0 aliphatic heterocycles. The highest BCUT2D eigenvalue weighted by atomic mass is 32.1. The lowest BCUT2D eigenvalue weighted by Crippen LogP contribution is -2.47. The van der Waals surface area contributed by atoms with Gasteiger partial charge in [0.05, 0.1) is 6.04 Å². The predicted molar refractivity (Wildman–Crippen MR) is 74.8 cm³/mol. The zero-order valence-electron chi connectivity index (χ0n) is 11.2. The molecular weight excluding hydrogens is 246 g/mol. The zero-order chi connectivity index (χ0) is 13.2. The molecule has 18 heavy (non-hydrogen) atoms. The maximum absolute atomic E-state index is 12.0. The van der Waals surface area contributed by atoms with Crippen molar-refractivity contribution in [1.29, 1.82) is 0 Å². The van der Waals surface area contributed by atoms with E-state index in [1.807, 2.05) is 12.3 Å². The molecule has 4 nitrogen and oxygen atoms in total. The van der Waals surface area contributed by atoms with Crippen molar-refractivity contribution in [1.82, 2.24) is 10.3 Å². The third-order valence-corrected chi connectivity index (χ3v) is 4.45. The molecular formula is C13H21N3OS. The fourth-order valence-corrected chi connectivity index (χ4v) is 3.04. The summed E-state index contributed by atoms with van der Waals surface area (Å²) in [6.07, 6.45) is 5.32. The van der Waals surface area contributed by atoms with Gasteiger partial charge in [0.15, 0.2) is 5.13 Å². The van der Waals surface area contributed by atoms with Crippen LogP contribution in [0.2, 0.25) is 0 Å². The van der Waals surface area contributed by atoms with E-state index >= 15 is 0 Å². The third kappa shape index (κ3) is 3.09. The molecule has 2 atom stereocenters. The molecule has 0 aromatic carbocycles. The number of carbonyl (C=O) groups excluding carboxylic acids is 1. The smallest absolute Gasteiger partial charge is 0.243 e. The molecule has 1 aliphatic rings. The molecule has 0 bridgehead atoms. The van der Waals surface area contributed by atoms with Gasteiger partial charge in [-0.3, -0.25) is 4.79 Å². The molecule has 2 rings (SSSR count). The maximum atomic E-state index is 12.0. The van der Waals surface area contributed by atoms with Gasteiger partial charge in [0, 0.05) is 17.6 Å². The molecule has 0 spiro atoms. The van der Waals surface area contributed by atoms with Crippen LogP contribution in [0.15, 0.2) is 11.6 Å². The normalized spacial score (nSPS) is 23.8. The van der Waals surface area contributed by atoms with Gasteiger partial charge in [0.2, 0.25) is 5.91 Å². The van der Waals surface area contributed by atoms with E-state index in [4.69, 9.17) is 0 Å². The number of rotatable bonds is 4. The van der Waals surface area contributed by atoms with Crippen LogP contribution in [-0.2, 0) is 4.79 Å². The van der Waals surface area contributed by atoms with Crippen molar-refractivity contribution in [2.75, 3.05) is 5.32 Å². The van der Waals surface area contributed by atoms with Crippen molar-refractivity contribution in [3.8, 4) is 0 Å². The number of hydrogen-bond acceptors (Lipinski definition) is 4. The topological polar surface area (TPSA) is 54.0 Å². The Morgan fingerprint density at radius 1 is 1.61 bits per heavy atom. The maximum Gasteiger partial charge on any atom is 0.243 e. The third-order valence-electron chi connectivity index (χ3n) is 3.76. The number of thiazole rings is 1. The fraction of sp³-hybridized carbons (Fsp3) is 0.692. The zero-order valence-corrected chi connectivity index (χ0v) is 12.0. The molecule has 1 amide bonds. The first-order valence-corrected chi connectivity index (χ1v) is 7.33. The Morgan fingerprint density at radius 2 is 2.39 bits per heavy atom. The van der Waals surface area contributed by atoms with Crippen molar-refractivity contribution in [3.05, 3.63) is 11.6 Å². The Labute approximate surface area is 112 Å². The molecule has 0 unspecified atom stereocenters. The molecule has 1 aromatic rings. The van der Waals surface area contributed by atoms with Crippen molar-refractivity contribution < 1.29 is 4.79 Å². The van der Waals surface area contributed by atoms with Crippen LogP contribution in [-0.4, -0.2) is 23.0 Å². The van der Waals surface area contributed by atoms with Gasteiger partial charge in [-0.15, -0.1) is 11.3 Å². The minimum Gasteiger partial charge on any atom is -0.303 e. The van der Waals surface area contributed by atoms with Crippen LogP contribution in [0.1, 0.15) is 40.0 Å². The molecule has 0 radical (unpaired) electrons. The molecule has 2 N–H and O–H groups in total. The van der Waals surface area contributed by atoms with E-state index in [9.17, 15) is 4.79 Å². The van der Waals surface area contributed by atoms with Gasteiger partial charge in [-0.25, -0.2) is 4.98 Å². The number of anilines is 1. The monoisotopic (exact) mass is 267 g/mol. The number of hydrogen-bond donors (Lipinski definition) is 2. The standard InChI is InChI=1S/C13H21N3OS/c1-9(11(17)16-12-14-7-8-18-12)15-10-5-4-6-13(10,2)3/h7-10,15H,4-6H2,1-3H3,(H,14,16,17)/t9-,10-/m1/s1. The van der Waals surface area contributed by atoms with E-state index < -0.39 is 0 Å². The average Bonchev–Trinajstić information content (AvgIpc) is 2.89. The SMILES string of the molecule is C[C@@H](N[C@@H]1CCCC1(C)C)C(=O)Nc1nccs1. The summed E-state index contributed by atoms with van der Waals surface area (Å²) in [5.74, 6) is -0.00681. The second-order valence-corrected chi connectivity index (χ2v) is 6.54. The molecule has 5 heteroatoms. The molecule has 1 aromatic heterocycles. The van der Waals surface area contributed by atoms with Gasteiger partial charge in [0.1, 0.15) is 0 Å². The number of aromatic nitrogens is 1. The highest BCUT2D eigenvalue weighted by Crippen LogP contribution is 2.37. The Hall–Kier alpha value is -0.940. The first kappa shape index (κ1) is 13.5. The Balaban J connectivity index is 1.87. The van der Waals surface area contributed by atoms with Crippen LogP contribution in [0.4, 0.5) is 5.13 Å². The highest BCUT2D eigenvalue weighted by molar-refractivity contribution is 7.13. The summed E-state index contributed by atoms with van der Waals surface area (Å²) in [6, 6.07) is 0.241. The molecule has 1 saturated carbocycles. The number of nitrogens with one attached hydrogen (secondary N) is 2. The lowest BCUT2D eigenvalue weighted by atomic mass is 9.87. The van der Waals surface area contributed by atoms with Crippen LogP contribution in [0.25, 0.3) is 0 Å². The lowest BCUT2D eigenvalue weighted by Gasteiger charge is -2.30. The average molecular weight is 267 g/mol. The van der Waals surface area contributed by atoms with Crippen molar-refractivity contribution in [2.24, 2.45) is 5.41 Å². The van der Waals surface area contributed by atoms with Gasteiger partial charge in [-0.1, -0.05) is 20.3 Å². The van der Waals surface area contributed by atoms with Gasteiger partial charge >= 0.3 is 0 Å². The first-order valence-electron chi connectivity index (χ1n) is 6.45. The minimum absolute atomic E-state index is 0.00681. The Bertz CT molecular complexity index is 402. The molecule has 1 heterocycles. The second kappa shape index (κ2) is 5.36. The molecule has 0 saturated heterocycles. The van der Waals surface area contributed by atoms with E-state index in [2.05, 4.69) is 29.5 Å². The van der Waals surface area contributed by atoms with E-state index in [0.29, 0.717) is 11.2 Å². The number of carbonyl (C=O) groups is 1. The second-order valence-electron chi connectivity index (χ2n) is 5.65. The summed E-state index contributed by atoms with van der Waals surface area (Å²) < 4.78 is 0. The largest absolute Gasteiger partial charge is 0.303 e. The summed E-state index contributed by atoms with van der Waals surface area (Å²) >= 11 is 1.44. The highest BCUT2D eigenvalue weighted by Gasteiger charge is 2.35. The van der Waals surface area contributed by atoms with Gasteiger partial charge in [0.25, 0.3) is 0 Å². The Morgan fingerprint density at radius 3 is 2.94 bits per heavy atom. The summed E-state index contributed by atoms with van der Waals surface area (Å²) in [5, 5.41) is 8.80. The predicted octanol–water partition coefficient (Wildman–Crippen LogP) is 2.64. The quantitative estimate of drug-likeness (QED) is 0.881. The number of amides is 1. The molecule has 1 fully saturated rings. The van der Waals surface area contributed by atoms with E-state index in [0.717, 1.165) is 6.42 Å². The van der Waals surface area contributed by atoms with Gasteiger partial charge < -0.3 is 10.6 Å². The summed E-state index contributed by atoms with van der Waals surface area (Å²) in [5.41, 5.74) is 0.287. The minimum atomic E-state index is -0.184. The van der Waals surface area contributed by atoms with E-state index in [-0.39, 0.29) is 17.4 Å². The van der Waals surface area contributed by atoms with Crippen LogP contribution in [0, 0.1) is 5.41 Å². The van der Waals surface area contributed by atoms with Crippen LogP contribution in [0.5, 0.6) is 0 Å². The summed E-state index contributed by atoms with van der Waals surface area (Å²) in [4.78, 5) is 16.1. The van der Waals surface area contributed by atoms with E-state index in [1.165, 1.54) is 24.2 Å². The first-order chi connectivity index (χ1) is 8.49. The summed E-state index contributed by atoms with van der Waals surface area (Å²) in [6.45, 7) is 6.45. The van der Waals surface area contributed by atoms with Crippen LogP contribution < -0.4 is 10.6 Å². The van der Waals surface area contributed by atoms with Crippen molar-refractivity contribution in [3.63, 3.8) is 0 Å². The van der Waals surface area contributed by atoms with E-state index in [1.54, 1.807) is 6.20 Å². The van der Waals surface area contributed by atoms with Crippen LogP contribution in [0.3, 0.4) is 0 Å². The van der Waals surface area contributed by atoms with Gasteiger partial charge in [-0.2, -0.15) is 0 Å². The van der Waals surface area contributed by atoms with Crippen molar-refractivity contribution >= 4 is 22.4 Å². The molecule has 100 valence electrons. The number of nitrogens with zero attached hydrogens (tertiary/aromatic N) is 1. The van der Waals surface area contributed by atoms with Crippen molar-refractivity contribution in [2.45, 2.75) is 52.1 Å². The lowest BCUT2D eigenvalue weighted by molar-refractivity contribution is -0.118. The fourth-order valence-electron chi connectivity index (χ4n) is 2.51. The molecule has 1 aliphatic carbocycles. The Kier molecular flexibility index (Phi) is 4.02.